The summed E-state index contributed by atoms with van der Waals surface area (Å²) in [6.07, 6.45) is 0. The number of thioether (sulfide) groups is 1. The maximum atomic E-state index is 6.23. The standard InChI is InChI=1S/C17H21ClN2O3S/c1-11-12(2)20(4-5-21-3)17(19-11)24-9-14-7-15(18)6-13-8-22-10-23-16(13)14/h6-7H,4-5,8-10H2,1-3H3. The van der Waals surface area contributed by atoms with Crippen LogP contribution in [0.5, 0.6) is 5.75 Å². The van der Waals surface area contributed by atoms with Crippen LogP contribution < -0.4 is 4.74 Å². The van der Waals surface area contributed by atoms with Crippen LogP contribution in [0.1, 0.15) is 22.5 Å². The van der Waals surface area contributed by atoms with Crippen LogP contribution in [0, 0.1) is 13.8 Å². The molecular formula is C17H21ClN2O3S. The van der Waals surface area contributed by atoms with E-state index in [1.165, 1.54) is 5.69 Å². The van der Waals surface area contributed by atoms with Gasteiger partial charge in [0.05, 0.1) is 18.9 Å². The predicted molar refractivity (Wildman–Crippen MR) is 94.9 cm³/mol. The van der Waals surface area contributed by atoms with Crippen molar-refractivity contribution in [1.29, 1.82) is 0 Å². The average molecular weight is 369 g/mol. The third kappa shape index (κ3) is 3.72. The first-order valence-electron chi connectivity index (χ1n) is 7.77. The molecule has 0 fully saturated rings. The zero-order valence-electron chi connectivity index (χ0n) is 14.1. The average Bonchev–Trinajstić information content (AvgIpc) is 2.84. The Hall–Kier alpha value is -1.21. The summed E-state index contributed by atoms with van der Waals surface area (Å²) >= 11 is 7.92. The monoisotopic (exact) mass is 368 g/mol. The van der Waals surface area contributed by atoms with Crippen LogP contribution in [-0.2, 0) is 28.4 Å². The van der Waals surface area contributed by atoms with Gasteiger partial charge in [0.15, 0.2) is 11.9 Å². The van der Waals surface area contributed by atoms with Gasteiger partial charge in [-0.25, -0.2) is 4.98 Å². The molecular weight excluding hydrogens is 348 g/mol. The Bertz CT molecular complexity index is 733. The van der Waals surface area contributed by atoms with E-state index >= 15 is 0 Å². The lowest BCUT2D eigenvalue weighted by molar-refractivity contribution is -0.0168. The summed E-state index contributed by atoms with van der Waals surface area (Å²) in [4.78, 5) is 4.68. The quantitative estimate of drug-likeness (QED) is 0.722. The zero-order valence-corrected chi connectivity index (χ0v) is 15.7. The van der Waals surface area contributed by atoms with Crippen molar-refractivity contribution >= 4 is 23.4 Å². The molecule has 1 aromatic carbocycles. The summed E-state index contributed by atoms with van der Waals surface area (Å²) in [5, 5.41) is 1.69. The van der Waals surface area contributed by atoms with Gasteiger partial charge in [-0.15, -0.1) is 0 Å². The van der Waals surface area contributed by atoms with Gasteiger partial charge in [0.25, 0.3) is 0 Å². The summed E-state index contributed by atoms with van der Waals surface area (Å²) in [6, 6.07) is 3.86. The number of rotatable bonds is 6. The number of halogens is 1. The van der Waals surface area contributed by atoms with Crippen LogP contribution in [-0.4, -0.2) is 30.1 Å². The minimum Gasteiger partial charge on any atom is -0.467 e. The highest BCUT2D eigenvalue weighted by Gasteiger charge is 2.18. The van der Waals surface area contributed by atoms with Crippen molar-refractivity contribution in [2.24, 2.45) is 0 Å². The van der Waals surface area contributed by atoms with Crippen molar-refractivity contribution in [1.82, 2.24) is 9.55 Å². The van der Waals surface area contributed by atoms with E-state index in [2.05, 4.69) is 16.5 Å². The van der Waals surface area contributed by atoms with E-state index in [-0.39, 0.29) is 6.79 Å². The van der Waals surface area contributed by atoms with E-state index in [0.717, 1.165) is 40.0 Å². The zero-order chi connectivity index (χ0) is 17.1. The van der Waals surface area contributed by atoms with E-state index in [9.17, 15) is 0 Å². The fourth-order valence-corrected chi connectivity index (χ4v) is 4.03. The van der Waals surface area contributed by atoms with Crippen molar-refractivity contribution in [2.75, 3.05) is 20.5 Å². The molecule has 0 radical (unpaired) electrons. The molecule has 5 nitrogen and oxygen atoms in total. The topological polar surface area (TPSA) is 45.5 Å². The molecule has 2 aromatic rings. The van der Waals surface area contributed by atoms with Crippen LogP contribution in [0.2, 0.25) is 5.02 Å². The lowest BCUT2D eigenvalue weighted by atomic mass is 10.1. The van der Waals surface area contributed by atoms with Gasteiger partial charge >= 0.3 is 0 Å². The molecule has 1 aliphatic heterocycles. The molecule has 2 heterocycles. The van der Waals surface area contributed by atoms with E-state index in [0.29, 0.717) is 18.2 Å². The molecule has 1 aromatic heterocycles. The van der Waals surface area contributed by atoms with E-state index < -0.39 is 0 Å². The van der Waals surface area contributed by atoms with Gasteiger partial charge in [0.1, 0.15) is 5.75 Å². The number of hydrogen-bond acceptors (Lipinski definition) is 5. The van der Waals surface area contributed by atoms with Crippen molar-refractivity contribution in [3.8, 4) is 5.75 Å². The molecule has 0 amide bonds. The Kier molecular flexibility index (Phi) is 5.71. The number of aryl methyl sites for hydroxylation is 1. The van der Waals surface area contributed by atoms with Gasteiger partial charge in [0.2, 0.25) is 0 Å². The molecule has 130 valence electrons. The first-order valence-corrected chi connectivity index (χ1v) is 9.13. The second kappa shape index (κ2) is 7.78. The summed E-state index contributed by atoms with van der Waals surface area (Å²) in [7, 11) is 1.71. The largest absolute Gasteiger partial charge is 0.467 e. The van der Waals surface area contributed by atoms with Crippen molar-refractivity contribution in [3.63, 3.8) is 0 Å². The number of aromatic nitrogens is 2. The minimum atomic E-state index is 0.285. The van der Waals surface area contributed by atoms with Crippen LogP contribution in [0.15, 0.2) is 17.3 Å². The van der Waals surface area contributed by atoms with Crippen LogP contribution in [0.3, 0.4) is 0 Å². The maximum Gasteiger partial charge on any atom is 0.189 e. The van der Waals surface area contributed by atoms with Crippen LogP contribution in [0.25, 0.3) is 0 Å². The number of benzene rings is 1. The maximum absolute atomic E-state index is 6.23. The van der Waals surface area contributed by atoms with E-state index in [4.69, 9.17) is 25.8 Å². The lowest BCUT2D eigenvalue weighted by Crippen LogP contribution is -2.13. The number of imidazole rings is 1. The summed E-state index contributed by atoms with van der Waals surface area (Å²) in [5.41, 5.74) is 4.29. The van der Waals surface area contributed by atoms with Crippen molar-refractivity contribution < 1.29 is 14.2 Å². The van der Waals surface area contributed by atoms with E-state index in [1.54, 1.807) is 18.9 Å². The number of hydrogen-bond donors (Lipinski definition) is 0. The molecule has 24 heavy (non-hydrogen) atoms. The van der Waals surface area contributed by atoms with Crippen molar-refractivity contribution in [3.05, 3.63) is 39.7 Å². The minimum absolute atomic E-state index is 0.285. The highest BCUT2D eigenvalue weighted by molar-refractivity contribution is 7.98. The van der Waals surface area contributed by atoms with E-state index in [1.807, 2.05) is 19.1 Å². The molecule has 3 rings (SSSR count). The summed E-state index contributed by atoms with van der Waals surface area (Å²) in [5.74, 6) is 1.63. The fourth-order valence-electron chi connectivity index (χ4n) is 2.69. The molecule has 0 bridgehead atoms. The molecule has 0 atom stereocenters. The molecule has 0 saturated carbocycles. The molecule has 7 heteroatoms. The molecule has 0 saturated heterocycles. The van der Waals surface area contributed by atoms with Gasteiger partial charge in [-0.1, -0.05) is 23.4 Å². The molecule has 0 N–H and O–H groups in total. The normalized spacial score (nSPS) is 13.7. The summed E-state index contributed by atoms with van der Waals surface area (Å²) in [6.45, 7) is 6.40. The highest BCUT2D eigenvalue weighted by Crippen LogP contribution is 2.35. The number of ether oxygens (including phenoxy) is 3. The van der Waals surface area contributed by atoms with Gasteiger partial charge in [-0.3, -0.25) is 0 Å². The molecule has 1 aliphatic rings. The second-order valence-corrected chi connectivity index (χ2v) is 7.04. The lowest BCUT2D eigenvalue weighted by Gasteiger charge is -2.21. The predicted octanol–water partition coefficient (Wildman–Crippen LogP) is 3.96. The Morgan fingerprint density at radius 1 is 1.38 bits per heavy atom. The van der Waals surface area contributed by atoms with Gasteiger partial charge in [-0.2, -0.15) is 0 Å². The van der Waals surface area contributed by atoms with Crippen LogP contribution in [0.4, 0.5) is 0 Å². The Morgan fingerprint density at radius 2 is 2.21 bits per heavy atom. The van der Waals surface area contributed by atoms with Gasteiger partial charge in [0, 0.05) is 41.3 Å². The molecule has 0 spiro atoms. The number of methoxy groups -OCH3 is 1. The smallest absolute Gasteiger partial charge is 0.189 e. The highest BCUT2D eigenvalue weighted by atomic mass is 35.5. The number of nitrogens with zero attached hydrogens (tertiary/aromatic N) is 2. The number of fused-ring (bicyclic) bond motifs is 1. The second-order valence-electron chi connectivity index (χ2n) is 5.66. The first kappa shape index (κ1) is 17.6. The molecule has 0 unspecified atom stereocenters. The Morgan fingerprint density at radius 3 is 3.00 bits per heavy atom. The van der Waals surface area contributed by atoms with Gasteiger partial charge < -0.3 is 18.8 Å². The van der Waals surface area contributed by atoms with Gasteiger partial charge in [-0.05, 0) is 26.0 Å². The molecule has 0 aliphatic carbocycles. The fraction of sp³-hybridized carbons (Fsp3) is 0.471. The third-order valence-electron chi connectivity index (χ3n) is 4.05. The van der Waals surface area contributed by atoms with Crippen LogP contribution >= 0.6 is 23.4 Å². The SMILES string of the molecule is COCCn1c(SCc2cc(Cl)cc3c2OCOC3)nc(C)c1C. The third-order valence-corrected chi connectivity index (χ3v) is 5.29. The first-order chi connectivity index (χ1) is 11.6. The Labute approximate surface area is 151 Å². The Balaban J connectivity index is 1.81. The summed E-state index contributed by atoms with van der Waals surface area (Å²) < 4.78 is 18.4. The van der Waals surface area contributed by atoms with Crippen molar-refractivity contribution in [2.45, 2.75) is 37.9 Å².